The first-order valence-corrected chi connectivity index (χ1v) is 7.02. The minimum absolute atomic E-state index is 0.327. The van der Waals surface area contributed by atoms with E-state index in [9.17, 15) is 0 Å². The summed E-state index contributed by atoms with van der Waals surface area (Å²) < 4.78 is 0. The van der Waals surface area contributed by atoms with E-state index in [1.807, 2.05) is 0 Å². The molecule has 2 aromatic carbocycles. The van der Waals surface area contributed by atoms with Gasteiger partial charge < -0.3 is 5.32 Å². The lowest BCUT2D eigenvalue weighted by Crippen LogP contribution is -2.06. The van der Waals surface area contributed by atoms with Crippen molar-refractivity contribution in [1.82, 2.24) is 0 Å². The highest BCUT2D eigenvalue weighted by atomic mass is 14.9. The van der Waals surface area contributed by atoms with E-state index in [1.54, 1.807) is 0 Å². The Bertz CT molecular complexity index is 540. The molecule has 0 amide bonds. The van der Waals surface area contributed by atoms with E-state index < -0.39 is 0 Å². The van der Waals surface area contributed by atoms with Crippen LogP contribution in [0.2, 0.25) is 0 Å². The van der Waals surface area contributed by atoms with E-state index in [2.05, 4.69) is 75.5 Å². The normalized spacial score (nSPS) is 12.2. The van der Waals surface area contributed by atoms with Gasteiger partial charge in [-0.1, -0.05) is 37.3 Å². The van der Waals surface area contributed by atoms with E-state index in [0.29, 0.717) is 6.04 Å². The fraction of sp³-hybridized carbons (Fsp3) is 0.333. The van der Waals surface area contributed by atoms with Crippen LogP contribution in [0.4, 0.5) is 5.69 Å². The Morgan fingerprint density at radius 1 is 0.947 bits per heavy atom. The zero-order valence-electron chi connectivity index (χ0n) is 12.3. The Hall–Kier alpha value is -1.76. The molecule has 0 heterocycles. The topological polar surface area (TPSA) is 12.0 Å². The van der Waals surface area contributed by atoms with E-state index in [4.69, 9.17) is 0 Å². The van der Waals surface area contributed by atoms with Crippen molar-refractivity contribution >= 4 is 5.69 Å². The number of hydrogen-bond acceptors (Lipinski definition) is 1. The van der Waals surface area contributed by atoms with Gasteiger partial charge in [-0.3, -0.25) is 0 Å². The summed E-state index contributed by atoms with van der Waals surface area (Å²) in [6.45, 7) is 8.69. The lowest BCUT2D eigenvalue weighted by atomic mass is 10.0. The maximum absolute atomic E-state index is 3.56. The van der Waals surface area contributed by atoms with Crippen LogP contribution in [0.15, 0.2) is 42.5 Å². The Balaban J connectivity index is 2.10. The SMILES string of the molecule is CCc1ccc(C(C)Nc2ccc(C)c(C)c2)cc1. The summed E-state index contributed by atoms with van der Waals surface area (Å²) in [5.74, 6) is 0. The van der Waals surface area contributed by atoms with Gasteiger partial charge in [-0.15, -0.1) is 0 Å². The van der Waals surface area contributed by atoms with Gasteiger partial charge in [0, 0.05) is 11.7 Å². The van der Waals surface area contributed by atoms with Crippen molar-refractivity contribution in [3.63, 3.8) is 0 Å². The van der Waals surface area contributed by atoms with Crippen LogP contribution in [-0.2, 0) is 6.42 Å². The summed E-state index contributed by atoms with van der Waals surface area (Å²) in [4.78, 5) is 0. The highest BCUT2D eigenvalue weighted by molar-refractivity contribution is 5.49. The molecule has 19 heavy (non-hydrogen) atoms. The van der Waals surface area contributed by atoms with Gasteiger partial charge in [0.2, 0.25) is 0 Å². The second-order valence-corrected chi connectivity index (χ2v) is 5.26. The highest BCUT2D eigenvalue weighted by Crippen LogP contribution is 2.21. The molecule has 1 unspecified atom stereocenters. The molecule has 1 nitrogen and oxygen atoms in total. The summed E-state index contributed by atoms with van der Waals surface area (Å²) in [7, 11) is 0. The molecule has 0 aromatic heterocycles. The summed E-state index contributed by atoms with van der Waals surface area (Å²) in [5.41, 5.74) is 6.58. The van der Waals surface area contributed by atoms with E-state index in [1.165, 1.54) is 27.9 Å². The van der Waals surface area contributed by atoms with Gasteiger partial charge in [0.25, 0.3) is 0 Å². The predicted octanol–water partition coefficient (Wildman–Crippen LogP) is 5.04. The van der Waals surface area contributed by atoms with Crippen LogP contribution in [0, 0.1) is 13.8 Å². The van der Waals surface area contributed by atoms with Crippen LogP contribution >= 0.6 is 0 Å². The number of rotatable bonds is 4. The van der Waals surface area contributed by atoms with E-state index in [-0.39, 0.29) is 0 Å². The largest absolute Gasteiger partial charge is 0.379 e. The van der Waals surface area contributed by atoms with Gasteiger partial charge >= 0.3 is 0 Å². The summed E-state index contributed by atoms with van der Waals surface area (Å²) >= 11 is 0. The molecule has 0 saturated heterocycles. The molecule has 0 spiro atoms. The Kier molecular flexibility index (Phi) is 4.26. The zero-order valence-corrected chi connectivity index (χ0v) is 12.3. The fourth-order valence-electron chi connectivity index (χ4n) is 2.21. The molecule has 0 radical (unpaired) electrons. The second-order valence-electron chi connectivity index (χ2n) is 5.26. The molecule has 1 heteroatoms. The van der Waals surface area contributed by atoms with Crippen LogP contribution in [0.3, 0.4) is 0 Å². The Morgan fingerprint density at radius 3 is 2.21 bits per heavy atom. The van der Waals surface area contributed by atoms with Crippen molar-refractivity contribution in [2.45, 2.75) is 40.2 Å². The van der Waals surface area contributed by atoms with Crippen molar-refractivity contribution in [2.75, 3.05) is 5.32 Å². The molecular weight excluding hydrogens is 230 g/mol. The first-order valence-electron chi connectivity index (χ1n) is 7.02. The first-order chi connectivity index (χ1) is 9.10. The molecule has 0 aliphatic rings. The van der Waals surface area contributed by atoms with E-state index >= 15 is 0 Å². The number of aryl methyl sites for hydroxylation is 3. The quantitative estimate of drug-likeness (QED) is 0.805. The maximum Gasteiger partial charge on any atom is 0.0485 e. The molecule has 0 aliphatic heterocycles. The highest BCUT2D eigenvalue weighted by Gasteiger charge is 2.05. The molecule has 1 N–H and O–H groups in total. The maximum atomic E-state index is 3.56. The standard InChI is InChI=1S/C18H23N/c1-5-16-7-9-17(10-8-16)15(4)19-18-11-6-13(2)14(3)12-18/h6-12,15,19H,5H2,1-4H3. The molecule has 0 fully saturated rings. The second kappa shape index (κ2) is 5.92. The van der Waals surface area contributed by atoms with Gasteiger partial charge in [-0.2, -0.15) is 0 Å². The Labute approximate surface area is 116 Å². The zero-order chi connectivity index (χ0) is 13.8. The average Bonchev–Trinajstić information content (AvgIpc) is 2.43. The fourth-order valence-corrected chi connectivity index (χ4v) is 2.21. The van der Waals surface area contributed by atoms with Crippen molar-refractivity contribution in [1.29, 1.82) is 0 Å². The molecule has 0 saturated carbocycles. The van der Waals surface area contributed by atoms with Crippen molar-refractivity contribution in [3.05, 3.63) is 64.7 Å². The molecule has 2 rings (SSSR count). The third-order valence-electron chi connectivity index (χ3n) is 3.78. The number of hydrogen-bond donors (Lipinski definition) is 1. The van der Waals surface area contributed by atoms with Gasteiger partial charge in [0.05, 0.1) is 0 Å². The van der Waals surface area contributed by atoms with Crippen LogP contribution in [0.5, 0.6) is 0 Å². The molecule has 2 aromatic rings. The third kappa shape index (κ3) is 3.37. The van der Waals surface area contributed by atoms with Crippen LogP contribution < -0.4 is 5.32 Å². The smallest absolute Gasteiger partial charge is 0.0485 e. The van der Waals surface area contributed by atoms with Gasteiger partial charge in [0.1, 0.15) is 0 Å². The lowest BCUT2D eigenvalue weighted by Gasteiger charge is -2.17. The summed E-state index contributed by atoms with van der Waals surface area (Å²) in [6, 6.07) is 15.7. The molecule has 0 bridgehead atoms. The lowest BCUT2D eigenvalue weighted by molar-refractivity contribution is 0.882. The number of anilines is 1. The van der Waals surface area contributed by atoms with Crippen molar-refractivity contribution in [2.24, 2.45) is 0 Å². The van der Waals surface area contributed by atoms with Crippen LogP contribution in [-0.4, -0.2) is 0 Å². The molecular formula is C18H23N. The average molecular weight is 253 g/mol. The molecule has 1 atom stereocenters. The van der Waals surface area contributed by atoms with Gasteiger partial charge in [-0.05, 0) is 61.6 Å². The van der Waals surface area contributed by atoms with Gasteiger partial charge in [-0.25, -0.2) is 0 Å². The first kappa shape index (κ1) is 13.7. The van der Waals surface area contributed by atoms with E-state index in [0.717, 1.165) is 6.42 Å². The molecule has 100 valence electrons. The van der Waals surface area contributed by atoms with Crippen molar-refractivity contribution in [3.8, 4) is 0 Å². The summed E-state index contributed by atoms with van der Waals surface area (Å²) in [6.07, 6.45) is 1.10. The minimum atomic E-state index is 0.327. The van der Waals surface area contributed by atoms with Crippen LogP contribution in [0.1, 0.15) is 42.1 Å². The predicted molar refractivity (Wildman–Crippen MR) is 83.8 cm³/mol. The minimum Gasteiger partial charge on any atom is -0.379 e. The Morgan fingerprint density at radius 2 is 1.63 bits per heavy atom. The van der Waals surface area contributed by atoms with Crippen LogP contribution in [0.25, 0.3) is 0 Å². The third-order valence-corrected chi connectivity index (χ3v) is 3.78. The number of nitrogens with one attached hydrogen (secondary N) is 1. The monoisotopic (exact) mass is 253 g/mol. The molecule has 0 aliphatic carbocycles. The summed E-state index contributed by atoms with van der Waals surface area (Å²) in [5, 5.41) is 3.56. The van der Waals surface area contributed by atoms with Crippen molar-refractivity contribution < 1.29 is 0 Å². The van der Waals surface area contributed by atoms with Gasteiger partial charge in [0.15, 0.2) is 0 Å². The number of benzene rings is 2.